The van der Waals surface area contributed by atoms with Crippen LogP contribution in [0.15, 0.2) is 55.1 Å². The number of nitrogen functional groups attached to an aromatic ring is 1. The van der Waals surface area contributed by atoms with E-state index in [0.29, 0.717) is 5.92 Å². The van der Waals surface area contributed by atoms with Crippen LogP contribution in [0.1, 0.15) is 30.3 Å². The van der Waals surface area contributed by atoms with Crippen molar-refractivity contribution in [1.29, 1.82) is 0 Å². The molecule has 7 nitrogen and oxygen atoms in total. The van der Waals surface area contributed by atoms with Gasteiger partial charge in [-0.05, 0) is 23.1 Å². The van der Waals surface area contributed by atoms with E-state index in [1.807, 2.05) is 12.3 Å². The Morgan fingerprint density at radius 3 is 2.30 bits per heavy atom. The largest absolute Gasteiger partial charge is 0.495 e. The maximum Gasteiger partial charge on any atom is 0.219 e. The fourth-order valence-electron chi connectivity index (χ4n) is 3.31. The molecule has 30 heavy (non-hydrogen) atoms. The van der Waals surface area contributed by atoms with Gasteiger partial charge < -0.3 is 10.5 Å². The summed E-state index contributed by atoms with van der Waals surface area (Å²) in [5, 5.41) is 10.6. The maximum absolute atomic E-state index is 5.58. The quantitative estimate of drug-likeness (QED) is 0.494. The summed E-state index contributed by atoms with van der Waals surface area (Å²) in [4.78, 5) is 12.3. The smallest absolute Gasteiger partial charge is 0.219 e. The van der Waals surface area contributed by atoms with E-state index in [-0.39, 0.29) is 11.9 Å². The number of aromatic nitrogens is 5. The van der Waals surface area contributed by atoms with Gasteiger partial charge >= 0.3 is 0 Å². The number of rotatable bonds is 6. The normalized spacial score (nSPS) is 12.1. The van der Waals surface area contributed by atoms with Crippen LogP contribution in [0.3, 0.4) is 0 Å². The number of methoxy groups -OCH3 is 1. The van der Waals surface area contributed by atoms with Gasteiger partial charge in [-0.3, -0.25) is 4.98 Å². The third-order valence-electron chi connectivity index (χ3n) is 4.84. The first-order chi connectivity index (χ1) is 14.5. The lowest BCUT2D eigenvalue weighted by molar-refractivity contribution is 0.413. The maximum atomic E-state index is 5.58. The first kappa shape index (κ1) is 19.9. The lowest BCUT2D eigenvalue weighted by Crippen LogP contribution is -2.08. The highest BCUT2D eigenvalue weighted by atomic mass is 32.1. The van der Waals surface area contributed by atoms with Crippen molar-refractivity contribution in [2.75, 3.05) is 12.8 Å². The SMILES string of the molecule is COc1cncc(-c2ccc(C(c3nnc(-c4cnc(N)nc4)s3)C(C)C)cc2)c1. The van der Waals surface area contributed by atoms with Gasteiger partial charge in [-0.15, -0.1) is 10.2 Å². The molecule has 0 fully saturated rings. The van der Waals surface area contributed by atoms with Crippen LogP contribution >= 0.6 is 11.3 Å². The molecule has 0 aliphatic heterocycles. The average molecular weight is 419 g/mol. The van der Waals surface area contributed by atoms with Gasteiger partial charge in [-0.1, -0.05) is 49.4 Å². The van der Waals surface area contributed by atoms with E-state index in [2.05, 4.69) is 63.3 Å². The highest BCUT2D eigenvalue weighted by molar-refractivity contribution is 7.14. The van der Waals surface area contributed by atoms with Gasteiger partial charge in [-0.25, -0.2) is 9.97 Å². The standard InChI is InChI=1S/C22H22N6OS/c1-13(2)19(21-28-27-20(30-21)17-10-25-22(23)26-11-17)15-6-4-14(5-7-15)16-8-18(29-3)12-24-9-16/h4-13,19H,1-3H3,(H2,23,25,26). The highest BCUT2D eigenvalue weighted by Gasteiger charge is 2.23. The minimum atomic E-state index is 0.142. The van der Waals surface area contributed by atoms with Crippen LogP contribution in [0.2, 0.25) is 0 Å². The van der Waals surface area contributed by atoms with Crippen molar-refractivity contribution in [3.63, 3.8) is 0 Å². The van der Waals surface area contributed by atoms with Gasteiger partial charge in [0.15, 0.2) is 5.01 Å². The predicted octanol–water partition coefficient (Wildman–Crippen LogP) is 4.44. The van der Waals surface area contributed by atoms with Crippen LogP contribution in [0.5, 0.6) is 5.75 Å². The van der Waals surface area contributed by atoms with Gasteiger partial charge in [0.1, 0.15) is 10.8 Å². The Balaban J connectivity index is 1.63. The van der Waals surface area contributed by atoms with Crippen molar-refractivity contribution in [2.45, 2.75) is 19.8 Å². The molecule has 8 heteroatoms. The zero-order chi connectivity index (χ0) is 21.1. The Labute approximate surface area is 179 Å². The molecule has 1 aromatic carbocycles. The van der Waals surface area contributed by atoms with E-state index in [9.17, 15) is 0 Å². The van der Waals surface area contributed by atoms with Crippen molar-refractivity contribution in [3.05, 3.63) is 65.7 Å². The minimum Gasteiger partial charge on any atom is -0.495 e. The molecule has 4 rings (SSSR count). The molecule has 0 aliphatic rings. The molecule has 3 aromatic heterocycles. The summed E-state index contributed by atoms with van der Waals surface area (Å²) in [5.41, 5.74) is 9.69. The summed E-state index contributed by atoms with van der Waals surface area (Å²) < 4.78 is 5.28. The van der Waals surface area contributed by atoms with Crippen LogP contribution < -0.4 is 10.5 Å². The number of pyridine rings is 1. The molecule has 2 N–H and O–H groups in total. The van der Waals surface area contributed by atoms with E-state index in [0.717, 1.165) is 32.5 Å². The zero-order valence-electron chi connectivity index (χ0n) is 17.0. The Kier molecular flexibility index (Phi) is 5.67. The summed E-state index contributed by atoms with van der Waals surface area (Å²) in [6, 6.07) is 10.5. The number of nitrogens with zero attached hydrogens (tertiary/aromatic N) is 5. The minimum absolute atomic E-state index is 0.142. The number of anilines is 1. The van der Waals surface area contributed by atoms with Crippen molar-refractivity contribution >= 4 is 17.3 Å². The van der Waals surface area contributed by atoms with E-state index in [4.69, 9.17) is 10.5 Å². The summed E-state index contributed by atoms with van der Waals surface area (Å²) in [5.74, 6) is 1.49. The van der Waals surface area contributed by atoms with E-state index >= 15 is 0 Å². The second-order valence-corrected chi connectivity index (χ2v) is 8.24. The molecule has 0 spiro atoms. The Morgan fingerprint density at radius 1 is 0.900 bits per heavy atom. The van der Waals surface area contributed by atoms with E-state index in [1.165, 1.54) is 5.56 Å². The molecule has 4 aromatic rings. The molecule has 1 unspecified atom stereocenters. The second-order valence-electron chi connectivity index (χ2n) is 7.23. The van der Waals surface area contributed by atoms with Crippen LogP contribution in [-0.2, 0) is 0 Å². The predicted molar refractivity (Wildman–Crippen MR) is 118 cm³/mol. The van der Waals surface area contributed by atoms with Gasteiger partial charge in [0.2, 0.25) is 5.95 Å². The molecule has 0 amide bonds. The number of hydrogen-bond donors (Lipinski definition) is 1. The lowest BCUT2D eigenvalue weighted by atomic mass is 9.88. The van der Waals surface area contributed by atoms with Gasteiger partial charge in [0.05, 0.1) is 13.3 Å². The molecule has 0 saturated carbocycles. The number of ether oxygens (including phenoxy) is 1. The van der Waals surface area contributed by atoms with E-state index < -0.39 is 0 Å². The summed E-state index contributed by atoms with van der Waals surface area (Å²) in [6.45, 7) is 4.38. The average Bonchev–Trinajstić information content (AvgIpc) is 3.24. The first-order valence-electron chi connectivity index (χ1n) is 9.56. The van der Waals surface area contributed by atoms with Crippen LogP contribution in [-0.4, -0.2) is 32.3 Å². The molecular formula is C22H22N6OS. The first-order valence-corrected chi connectivity index (χ1v) is 10.4. The van der Waals surface area contributed by atoms with E-state index in [1.54, 1.807) is 37.0 Å². The molecule has 1 atom stereocenters. The van der Waals surface area contributed by atoms with Crippen molar-refractivity contribution < 1.29 is 4.74 Å². The molecular weight excluding hydrogens is 396 g/mol. The zero-order valence-corrected chi connectivity index (χ0v) is 17.8. The monoisotopic (exact) mass is 418 g/mol. The Hall–Kier alpha value is -3.39. The van der Waals surface area contributed by atoms with Crippen molar-refractivity contribution in [1.82, 2.24) is 25.1 Å². The summed E-state index contributed by atoms with van der Waals surface area (Å²) in [7, 11) is 1.64. The van der Waals surface area contributed by atoms with Crippen LogP contribution in [0, 0.1) is 5.92 Å². The number of hydrogen-bond acceptors (Lipinski definition) is 8. The molecule has 0 radical (unpaired) electrons. The third kappa shape index (κ3) is 4.13. The number of benzene rings is 1. The molecule has 152 valence electrons. The Bertz CT molecular complexity index is 1130. The Morgan fingerprint density at radius 2 is 1.63 bits per heavy atom. The van der Waals surface area contributed by atoms with Gasteiger partial charge in [0.25, 0.3) is 0 Å². The van der Waals surface area contributed by atoms with Crippen LogP contribution in [0.25, 0.3) is 21.7 Å². The van der Waals surface area contributed by atoms with Crippen molar-refractivity contribution in [2.24, 2.45) is 5.92 Å². The van der Waals surface area contributed by atoms with Crippen LogP contribution in [0.4, 0.5) is 5.95 Å². The second kappa shape index (κ2) is 8.54. The number of nitrogens with two attached hydrogens (primary N) is 1. The third-order valence-corrected chi connectivity index (χ3v) is 5.90. The molecule has 3 heterocycles. The van der Waals surface area contributed by atoms with Crippen molar-refractivity contribution in [3.8, 4) is 27.4 Å². The molecule has 0 aliphatic carbocycles. The summed E-state index contributed by atoms with van der Waals surface area (Å²) in [6.07, 6.45) is 6.89. The fourth-order valence-corrected chi connectivity index (χ4v) is 4.43. The van der Waals surface area contributed by atoms with Gasteiger partial charge in [0, 0.05) is 35.6 Å². The highest BCUT2D eigenvalue weighted by Crippen LogP contribution is 2.36. The fraction of sp³-hybridized carbons (Fsp3) is 0.227. The topological polar surface area (TPSA) is 99.7 Å². The lowest BCUT2D eigenvalue weighted by Gasteiger charge is -2.19. The molecule has 0 saturated heterocycles. The molecule has 0 bridgehead atoms. The summed E-state index contributed by atoms with van der Waals surface area (Å²) >= 11 is 1.56. The van der Waals surface area contributed by atoms with Gasteiger partial charge in [-0.2, -0.15) is 0 Å².